The number of hydrogen-bond donors (Lipinski definition) is 1. The summed E-state index contributed by atoms with van der Waals surface area (Å²) in [5, 5.41) is 0. The highest BCUT2D eigenvalue weighted by Crippen LogP contribution is 2.39. The Balaban J connectivity index is 1.59. The van der Waals surface area contributed by atoms with E-state index in [0.717, 1.165) is 24.7 Å². The van der Waals surface area contributed by atoms with Gasteiger partial charge in [0.05, 0.1) is 0 Å². The summed E-state index contributed by atoms with van der Waals surface area (Å²) in [4.78, 5) is 14.4. The summed E-state index contributed by atoms with van der Waals surface area (Å²) in [6.07, 6.45) is 6.47. The number of nitrogen functional groups attached to an aromatic ring is 1. The SMILES string of the molecule is CC1CN2CCCCC2CN1c1cc(N)nc(C2CC2)n1. The maximum Gasteiger partial charge on any atom is 0.136 e. The highest BCUT2D eigenvalue weighted by atomic mass is 15.3. The molecule has 3 fully saturated rings. The van der Waals surface area contributed by atoms with Gasteiger partial charge in [-0.1, -0.05) is 6.42 Å². The Morgan fingerprint density at radius 1 is 1.14 bits per heavy atom. The molecule has 1 aliphatic carbocycles. The van der Waals surface area contributed by atoms with E-state index in [2.05, 4.69) is 21.7 Å². The largest absolute Gasteiger partial charge is 0.384 e. The predicted octanol–water partition coefficient (Wildman–Crippen LogP) is 2.00. The molecular weight excluding hydrogens is 262 g/mol. The summed E-state index contributed by atoms with van der Waals surface area (Å²) < 4.78 is 0. The highest BCUT2D eigenvalue weighted by Gasteiger charge is 2.34. The lowest BCUT2D eigenvalue weighted by atomic mass is 9.97. The van der Waals surface area contributed by atoms with E-state index in [1.54, 1.807) is 0 Å². The van der Waals surface area contributed by atoms with Crippen LogP contribution in [0, 0.1) is 0 Å². The van der Waals surface area contributed by atoms with Crippen LogP contribution < -0.4 is 10.6 Å². The molecule has 3 aliphatic rings. The monoisotopic (exact) mass is 287 g/mol. The summed E-state index contributed by atoms with van der Waals surface area (Å²) in [6.45, 7) is 5.80. The van der Waals surface area contributed by atoms with Crippen molar-refractivity contribution in [3.8, 4) is 0 Å². The predicted molar refractivity (Wildman–Crippen MR) is 84.4 cm³/mol. The van der Waals surface area contributed by atoms with Gasteiger partial charge < -0.3 is 10.6 Å². The summed E-state index contributed by atoms with van der Waals surface area (Å²) in [5.41, 5.74) is 6.02. The number of anilines is 2. The smallest absolute Gasteiger partial charge is 0.136 e. The molecule has 2 unspecified atom stereocenters. The molecule has 5 heteroatoms. The van der Waals surface area contributed by atoms with Crippen LogP contribution in [0.3, 0.4) is 0 Å². The number of nitrogens with zero attached hydrogens (tertiary/aromatic N) is 4. The third kappa shape index (κ3) is 2.59. The van der Waals surface area contributed by atoms with E-state index in [1.807, 2.05) is 6.07 Å². The van der Waals surface area contributed by atoms with Gasteiger partial charge in [0.2, 0.25) is 0 Å². The van der Waals surface area contributed by atoms with E-state index in [-0.39, 0.29) is 0 Å². The number of nitrogens with two attached hydrogens (primary N) is 1. The number of aromatic nitrogens is 2. The van der Waals surface area contributed by atoms with Gasteiger partial charge in [-0.2, -0.15) is 0 Å². The third-order valence-corrected chi connectivity index (χ3v) is 5.17. The fourth-order valence-corrected chi connectivity index (χ4v) is 3.81. The van der Waals surface area contributed by atoms with Crippen LogP contribution >= 0.6 is 0 Å². The van der Waals surface area contributed by atoms with Crippen molar-refractivity contribution in [2.24, 2.45) is 0 Å². The van der Waals surface area contributed by atoms with E-state index in [9.17, 15) is 0 Å². The van der Waals surface area contributed by atoms with E-state index in [1.165, 1.54) is 38.6 Å². The molecule has 1 aromatic rings. The molecule has 3 heterocycles. The van der Waals surface area contributed by atoms with Gasteiger partial charge in [0.25, 0.3) is 0 Å². The normalized spacial score (nSPS) is 30.2. The number of hydrogen-bond acceptors (Lipinski definition) is 5. The van der Waals surface area contributed by atoms with E-state index in [0.29, 0.717) is 23.8 Å². The maximum atomic E-state index is 6.02. The minimum Gasteiger partial charge on any atom is -0.384 e. The van der Waals surface area contributed by atoms with Crippen LogP contribution in [-0.2, 0) is 0 Å². The topological polar surface area (TPSA) is 58.3 Å². The summed E-state index contributed by atoms with van der Waals surface area (Å²) in [5.74, 6) is 3.18. The molecule has 114 valence electrons. The molecule has 2 saturated heterocycles. The van der Waals surface area contributed by atoms with E-state index < -0.39 is 0 Å². The molecule has 0 spiro atoms. The average Bonchev–Trinajstić information content (AvgIpc) is 3.30. The van der Waals surface area contributed by atoms with Crippen molar-refractivity contribution < 1.29 is 0 Å². The first-order chi connectivity index (χ1) is 10.2. The van der Waals surface area contributed by atoms with Gasteiger partial charge in [-0.25, -0.2) is 9.97 Å². The first kappa shape index (κ1) is 13.3. The summed E-state index contributed by atoms with van der Waals surface area (Å²) in [7, 11) is 0. The first-order valence-corrected chi connectivity index (χ1v) is 8.36. The first-order valence-electron chi connectivity index (χ1n) is 8.36. The molecule has 5 nitrogen and oxygen atoms in total. The van der Waals surface area contributed by atoms with Gasteiger partial charge in [-0.05, 0) is 39.2 Å². The highest BCUT2D eigenvalue weighted by molar-refractivity contribution is 5.49. The van der Waals surface area contributed by atoms with Crippen molar-refractivity contribution >= 4 is 11.6 Å². The lowest BCUT2D eigenvalue weighted by Crippen LogP contribution is -2.59. The van der Waals surface area contributed by atoms with Crippen LogP contribution in [0.1, 0.15) is 50.8 Å². The Bertz CT molecular complexity index is 527. The average molecular weight is 287 g/mol. The minimum atomic E-state index is 0.501. The molecule has 4 rings (SSSR count). The van der Waals surface area contributed by atoms with Crippen LogP contribution in [0.4, 0.5) is 11.6 Å². The van der Waals surface area contributed by atoms with Crippen molar-refractivity contribution in [3.63, 3.8) is 0 Å². The van der Waals surface area contributed by atoms with Crippen molar-refractivity contribution in [1.29, 1.82) is 0 Å². The van der Waals surface area contributed by atoms with Crippen LogP contribution in [0.25, 0.3) is 0 Å². The van der Waals surface area contributed by atoms with Crippen molar-refractivity contribution in [3.05, 3.63) is 11.9 Å². The lowest BCUT2D eigenvalue weighted by Gasteiger charge is -2.48. The standard InChI is InChI=1S/C16H25N5/c1-11-9-20-7-3-2-4-13(20)10-21(11)15-8-14(17)18-16(19-15)12-5-6-12/h8,11-13H,2-7,9-10H2,1H3,(H2,17,18,19). The van der Waals surface area contributed by atoms with Crippen molar-refractivity contribution in [2.75, 3.05) is 30.3 Å². The molecule has 21 heavy (non-hydrogen) atoms. The molecular formula is C16H25N5. The zero-order valence-corrected chi connectivity index (χ0v) is 12.8. The van der Waals surface area contributed by atoms with Crippen molar-refractivity contribution in [2.45, 2.75) is 57.0 Å². The lowest BCUT2D eigenvalue weighted by molar-refractivity contribution is 0.115. The second-order valence-corrected chi connectivity index (χ2v) is 6.93. The van der Waals surface area contributed by atoms with E-state index >= 15 is 0 Å². The van der Waals surface area contributed by atoms with Crippen LogP contribution in [0.2, 0.25) is 0 Å². The Hall–Kier alpha value is -1.36. The van der Waals surface area contributed by atoms with Gasteiger partial charge in [0.1, 0.15) is 17.5 Å². The van der Waals surface area contributed by atoms with Crippen LogP contribution in [0.5, 0.6) is 0 Å². The summed E-state index contributed by atoms with van der Waals surface area (Å²) >= 11 is 0. The van der Waals surface area contributed by atoms with Crippen LogP contribution in [-0.4, -0.2) is 46.6 Å². The second kappa shape index (κ2) is 5.13. The van der Waals surface area contributed by atoms with Gasteiger partial charge in [-0.3, -0.25) is 4.90 Å². The van der Waals surface area contributed by atoms with E-state index in [4.69, 9.17) is 10.7 Å². The number of fused-ring (bicyclic) bond motifs is 1. The molecule has 0 bridgehead atoms. The Kier molecular flexibility index (Phi) is 3.25. The second-order valence-electron chi connectivity index (χ2n) is 6.93. The molecule has 0 radical (unpaired) electrons. The van der Waals surface area contributed by atoms with Gasteiger partial charge in [0.15, 0.2) is 0 Å². The zero-order valence-electron chi connectivity index (χ0n) is 12.8. The molecule has 0 amide bonds. The molecule has 2 atom stereocenters. The number of rotatable bonds is 2. The molecule has 1 saturated carbocycles. The summed E-state index contributed by atoms with van der Waals surface area (Å²) in [6, 6.07) is 3.15. The molecule has 0 aromatic carbocycles. The fraction of sp³-hybridized carbons (Fsp3) is 0.750. The maximum absolute atomic E-state index is 6.02. The van der Waals surface area contributed by atoms with Gasteiger partial charge >= 0.3 is 0 Å². The van der Waals surface area contributed by atoms with Gasteiger partial charge in [0, 0.05) is 37.2 Å². The third-order valence-electron chi connectivity index (χ3n) is 5.17. The Morgan fingerprint density at radius 3 is 2.81 bits per heavy atom. The van der Waals surface area contributed by atoms with Crippen molar-refractivity contribution in [1.82, 2.24) is 14.9 Å². The van der Waals surface area contributed by atoms with Crippen LogP contribution in [0.15, 0.2) is 6.07 Å². The number of piperidine rings is 1. The Labute approximate surface area is 126 Å². The van der Waals surface area contributed by atoms with Gasteiger partial charge in [-0.15, -0.1) is 0 Å². The molecule has 1 aromatic heterocycles. The number of piperazine rings is 1. The zero-order chi connectivity index (χ0) is 14.4. The minimum absolute atomic E-state index is 0.501. The Morgan fingerprint density at radius 2 is 2.00 bits per heavy atom. The molecule has 2 aliphatic heterocycles. The quantitative estimate of drug-likeness (QED) is 0.901. The molecule has 2 N–H and O–H groups in total. The fourth-order valence-electron chi connectivity index (χ4n) is 3.81.